The summed E-state index contributed by atoms with van der Waals surface area (Å²) in [4.78, 5) is 20.9. The van der Waals surface area contributed by atoms with E-state index in [-0.39, 0.29) is 0 Å². The predicted molar refractivity (Wildman–Crippen MR) is 66.5 cm³/mol. The van der Waals surface area contributed by atoms with Gasteiger partial charge in [0.25, 0.3) is 5.91 Å². The molecule has 1 rings (SSSR count). The van der Waals surface area contributed by atoms with Crippen molar-refractivity contribution in [1.82, 2.24) is 5.32 Å². The van der Waals surface area contributed by atoms with Crippen molar-refractivity contribution in [3.63, 3.8) is 0 Å². The summed E-state index contributed by atoms with van der Waals surface area (Å²) in [7, 11) is 0. The van der Waals surface area contributed by atoms with Gasteiger partial charge in [-0.25, -0.2) is 4.79 Å². The van der Waals surface area contributed by atoms with Crippen LogP contribution < -0.4 is 5.32 Å². The standard InChI is InChI=1S/C11H11Cl2NO4/c12-9(13)10(16)14-7(11(17)18)8(15)6-4-2-1-3-5-6/h1-5,7-9,15H,(H,14,16)(H,17,18)/t7-,8+/m0/s1. The van der Waals surface area contributed by atoms with Crippen LogP contribution in [0.2, 0.25) is 0 Å². The maximum Gasteiger partial charge on any atom is 0.329 e. The molecule has 0 bridgehead atoms. The third kappa shape index (κ3) is 3.87. The van der Waals surface area contributed by atoms with Gasteiger partial charge in [0.05, 0.1) is 0 Å². The summed E-state index contributed by atoms with van der Waals surface area (Å²) in [5.74, 6) is -2.26. The van der Waals surface area contributed by atoms with Gasteiger partial charge in [0.2, 0.25) is 0 Å². The Morgan fingerprint density at radius 2 is 1.72 bits per heavy atom. The molecule has 1 aromatic carbocycles. The summed E-state index contributed by atoms with van der Waals surface area (Å²) in [5, 5.41) is 20.9. The van der Waals surface area contributed by atoms with Gasteiger partial charge >= 0.3 is 5.97 Å². The summed E-state index contributed by atoms with van der Waals surface area (Å²) >= 11 is 10.6. The molecule has 18 heavy (non-hydrogen) atoms. The van der Waals surface area contributed by atoms with E-state index in [1.165, 1.54) is 0 Å². The van der Waals surface area contributed by atoms with Crippen molar-refractivity contribution < 1.29 is 19.8 Å². The molecule has 0 radical (unpaired) electrons. The lowest BCUT2D eigenvalue weighted by molar-refractivity contribution is -0.145. The lowest BCUT2D eigenvalue weighted by Crippen LogP contribution is -2.46. The molecule has 0 saturated heterocycles. The van der Waals surface area contributed by atoms with Crippen molar-refractivity contribution in [1.29, 1.82) is 0 Å². The molecule has 3 N–H and O–H groups in total. The summed E-state index contributed by atoms with van der Waals surface area (Å²) in [6.07, 6.45) is -1.39. The van der Waals surface area contributed by atoms with Gasteiger partial charge in [0.1, 0.15) is 6.10 Å². The number of carboxylic acids is 1. The molecule has 0 aliphatic rings. The first-order valence-corrected chi connectivity index (χ1v) is 5.85. The topological polar surface area (TPSA) is 86.6 Å². The van der Waals surface area contributed by atoms with E-state index in [0.29, 0.717) is 5.56 Å². The first-order chi connectivity index (χ1) is 8.43. The number of aliphatic hydroxyl groups excluding tert-OH is 1. The van der Waals surface area contributed by atoms with Gasteiger partial charge in [-0.1, -0.05) is 53.5 Å². The van der Waals surface area contributed by atoms with Crippen molar-refractivity contribution in [2.45, 2.75) is 17.0 Å². The predicted octanol–water partition coefficient (Wildman–Crippen LogP) is 1.09. The monoisotopic (exact) mass is 291 g/mol. The van der Waals surface area contributed by atoms with E-state index in [4.69, 9.17) is 28.3 Å². The highest BCUT2D eigenvalue weighted by molar-refractivity contribution is 6.53. The van der Waals surface area contributed by atoms with Gasteiger partial charge in [-0.15, -0.1) is 0 Å². The second-order valence-electron chi connectivity index (χ2n) is 3.48. The zero-order valence-electron chi connectivity index (χ0n) is 9.09. The Hall–Kier alpha value is -1.30. The number of carboxylic acid groups (broad SMARTS) is 1. The number of aliphatic carboxylic acids is 1. The fourth-order valence-electron chi connectivity index (χ4n) is 1.33. The molecule has 0 spiro atoms. The van der Waals surface area contributed by atoms with Gasteiger partial charge in [-0.2, -0.15) is 0 Å². The summed E-state index contributed by atoms with van der Waals surface area (Å²) < 4.78 is 0. The van der Waals surface area contributed by atoms with E-state index < -0.39 is 28.9 Å². The summed E-state index contributed by atoms with van der Waals surface area (Å²) in [6.45, 7) is 0. The Bertz CT molecular complexity index is 424. The number of nitrogens with one attached hydrogen (secondary N) is 1. The molecular weight excluding hydrogens is 281 g/mol. The third-order valence-corrected chi connectivity index (χ3v) is 2.62. The van der Waals surface area contributed by atoms with Crippen molar-refractivity contribution >= 4 is 35.1 Å². The van der Waals surface area contributed by atoms with Crippen molar-refractivity contribution in [3.05, 3.63) is 35.9 Å². The number of amides is 1. The largest absolute Gasteiger partial charge is 0.480 e. The zero-order valence-corrected chi connectivity index (χ0v) is 10.6. The number of hydrogen-bond donors (Lipinski definition) is 3. The Morgan fingerprint density at radius 3 is 2.17 bits per heavy atom. The first kappa shape index (κ1) is 14.8. The smallest absolute Gasteiger partial charge is 0.329 e. The van der Waals surface area contributed by atoms with Crippen molar-refractivity contribution in [2.75, 3.05) is 0 Å². The highest BCUT2D eigenvalue weighted by Gasteiger charge is 2.30. The van der Waals surface area contributed by atoms with Gasteiger partial charge in [-0.05, 0) is 5.56 Å². The Kier molecular flexibility index (Phi) is 5.40. The molecule has 0 unspecified atom stereocenters. The Morgan fingerprint density at radius 1 is 1.17 bits per heavy atom. The minimum absolute atomic E-state index is 0.367. The minimum Gasteiger partial charge on any atom is -0.480 e. The number of halogens is 2. The van der Waals surface area contributed by atoms with Crippen LogP contribution in [0.25, 0.3) is 0 Å². The van der Waals surface area contributed by atoms with Gasteiger partial charge in [-0.3, -0.25) is 4.79 Å². The van der Waals surface area contributed by atoms with Gasteiger partial charge in [0.15, 0.2) is 10.9 Å². The fourth-order valence-corrected chi connectivity index (χ4v) is 1.46. The van der Waals surface area contributed by atoms with Crippen LogP contribution in [-0.2, 0) is 9.59 Å². The highest BCUT2D eigenvalue weighted by Crippen LogP contribution is 2.17. The van der Waals surface area contributed by atoms with Crippen LogP contribution in [0.1, 0.15) is 11.7 Å². The maximum atomic E-state index is 11.2. The summed E-state index contributed by atoms with van der Waals surface area (Å²) in [6, 6.07) is 6.59. The molecule has 0 heterocycles. The number of carbonyl (C=O) groups is 2. The molecular formula is C11H11Cl2NO4. The number of rotatable bonds is 5. The highest BCUT2D eigenvalue weighted by atomic mass is 35.5. The van der Waals surface area contributed by atoms with Crippen LogP contribution in [0.15, 0.2) is 30.3 Å². The SMILES string of the molecule is O=C(N[C@H](C(=O)O)[C@H](O)c1ccccc1)C(Cl)Cl. The van der Waals surface area contributed by atoms with Crippen molar-refractivity contribution in [3.8, 4) is 0 Å². The lowest BCUT2D eigenvalue weighted by Gasteiger charge is -2.20. The average molecular weight is 292 g/mol. The number of alkyl halides is 2. The van der Waals surface area contributed by atoms with Crippen LogP contribution in [0, 0.1) is 0 Å². The van der Waals surface area contributed by atoms with Crippen LogP contribution in [0.5, 0.6) is 0 Å². The molecule has 0 aliphatic carbocycles. The normalized spacial score (nSPS) is 14.0. The molecule has 98 valence electrons. The maximum absolute atomic E-state index is 11.2. The number of aliphatic hydroxyl groups is 1. The van der Waals surface area contributed by atoms with Gasteiger partial charge in [0, 0.05) is 0 Å². The molecule has 1 amide bonds. The Labute approximate surface area is 113 Å². The van der Waals surface area contributed by atoms with Crippen LogP contribution in [0.4, 0.5) is 0 Å². The molecule has 0 aromatic heterocycles. The summed E-state index contributed by atoms with van der Waals surface area (Å²) in [5.41, 5.74) is 0.367. The Balaban J connectivity index is 2.86. The number of hydrogen-bond acceptors (Lipinski definition) is 3. The van der Waals surface area contributed by atoms with E-state index in [1.807, 2.05) is 0 Å². The molecule has 7 heteroatoms. The quantitative estimate of drug-likeness (QED) is 0.709. The molecule has 1 aromatic rings. The van der Waals surface area contributed by atoms with E-state index in [9.17, 15) is 14.7 Å². The molecule has 0 saturated carbocycles. The van der Waals surface area contributed by atoms with Crippen LogP contribution in [-0.4, -0.2) is 33.0 Å². The number of benzene rings is 1. The van der Waals surface area contributed by atoms with Crippen LogP contribution in [0.3, 0.4) is 0 Å². The molecule has 0 aliphatic heterocycles. The molecule has 0 fully saturated rings. The van der Waals surface area contributed by atoms with E-state index in [0.717, 1.165) is 0 Å². The molecule has 2 atom stereocenters. The van der Waals surface area contributed by atoms with E-state index in [1.54, 1.807) is 30.3 Å². The zero-order chi connectivity index (χ0) is 13.7. The molecule has 5 nitrogen and oxygen atoms in total. The number of carbonyl (C=O) groups excluding carboxylic acids is 1. The van der Waals surface area contributed by atoms with Gasteiger partial charge < -0.3 is 15.5 Å². The van der Waals surface area contributed by atoms with Crippen LogP contribution >= 0.6 is 23.2 Å². The minimum atomic E-state index is -1.51. The van der Waals surface area contributed by atoms with Crippen molar-refractivity contribution in [2.24, 2.45) is 0 Å². The first-order valence-electron chi connectivity index (χ1n) is 4.98. The second kappa shape index (κ2) is 6.58. The third-order valence-electron chi connectivity index (χ3n) is 2.22. The van der Waals surface area contributed by atoms with E-state index in [2.05, 4.69) is 5.32 Å². The van der Waals surface area contributed by atoms with E-state index >= 15 is 0 Å². The average Bonchev–Trinajstić information content (AvgIpc) is 2.35. The second-order valence-corrected chi connectivity index (χ2v) is 4.58. The lowest BCUT2D eigenvalue weighted by atomic mass is 10.0. The fraction of sp³-hybridized carbons (Fsp3) is 0.273.